The molecule has 4 rings (SSSR count). The second-order valence-electron chi connectivity index (χ2n) is 7.99. The topological polar surface area (TPSA) is 87.5 Å². The summed E-state index contributed by atoms with van der Waals surface area (Å²) in [6.45, 7) is 2.90. The average Bonchev–Trinajstić information content (AvgIpc) is 3.35. The first-order chi connectivity index (χ1) is 18.3. The highest BCUT2D eigenvalue weighted by Gasteiger charge is 2.30. The second-order valence-corrected chi connectivity index (χ2v) is 7.99. The zero-order valence-electron chi connectivity index (χ0n) is 20.7. The molecular weight excluding hydrogens is 501 g/mol. The van der Waals surface area contributed by atoms with E-state index in [2.05, 4.69) is 15.4 Å². The number of nitrogens with one attached hydrogen (secondary N) is 1. The summed E-state index contributed by atoms with van der Waals surface area (Å²) in [4.78, 5) is 17.2. The lowest BCUT2D eigenvalue weighted by Gasteiger charge is -2.11. The minimum Gasteiger partial charge on any atom is -0.497 e. The quantitative estimate of drug-likeness (QED) is 0.270. The van der Waals surface area contributed by atoms with E-state index in [1.165, 1.54) is 23.9 Å². The highest BCUT2D eigenvalue weighted by molar-refractivity contribution is 6.04. The van der Waals surface area contributed by atoms with E-state index in [-0.39, 0.29) is 24.3 Å². The van der Waals surface area contributed by atoms with Crippen LogP contribution in [0.2, 0.25) is 0 Å². The van der Waals surface area contributed by atoms with Gasteiger partial charge in [0.15, 0.2) is 5.82 Å². The average molecular weight is 527 g/mol. The van der Waals surface area contributed by atoms with Gasteiger partial charge in [0.05, 0.1) is 25.0 Å². The number of carbonyl (C=O) groups excluding carboxylic acids is 1. The number of nitrogens with zero attached hydrogens (tertiary/aromatic N) is 3. The van der Waals surface area contributed by atoms with Crippen molar-refractivity contribution in [2.75, 3.05) is 32.2 Å². The molecule has 8 nitrogen and oxygen atoms in total. The first-order valence-corrected chi connectivity index (χ1v) is 11.7. The lowest BCUT2D eigenvalue weighted by molar-refractivity contribution is -0.137. The third kappa shape index (κ3) is 6.48. The van der Waals surface area contributed by atoms with Gasteiger partial charge in [0.1, 0.15) is 12.4 Å². The molecule has 0 saturated carbocycles. The molecule has 0 fully saturated rings. The van der Waals surface area contributed by atoms with Crippen LogP contribution in [0.4, 0.5) is 18.9 Å². The molecule has 0 aliphatic carbocycles. The van der Waals surface area contributed by atoms with Gasteiger partial charge in [-0.25, -0.2) is 4.68 Å². The summed E-state index contributed by atoms with van der Waals surface area (Å²) in [6.07, 6.45) is -4.46. The summed E-state index contributed by atoms with van der Waals surface area (Å²) in [5.41, 5.74) is 1.02. The van der Waals surface area contributed by atoms with Crippen LogP contribution in [0.3, 0.4) is 0 Å². The predicted molar refractivity (Wildman–Crippen MR) is 135 cm³/mol. The van der Waals surface area contributed by atoms with E-state index in [0.717, 1.165) is 12.1 Å². The molecule has 0 unspecified atom stereocenters. The molecule has 4 aromatic rings. The fraction of sp³-hybridized carbons (Fsp3) is 0.222. The van der Waals surface area contributed by atoms with Crippen LogP contribution >= 0.6 is 0 Å². The fourth-order valence-electron chi connectivity index (χ4n) is 3.55. The molecule has 0 bridgehead atoms. The number of anilines is 1. The number of benzene rings is 3. The Morgan fingerprint density at radius 1 is 1.00 bits per heavy atom. The number of hydrogen-bond acceptors (Lipinski definition) is 6. The fourth-order valence-corrected chi connectivity index (χ4v) is 3.55. The van der Waals surface area contributed by atoms with Crippen molar-refractivity contribution in [3.63, 3.8) is 0 Å². The minimum atomic E-state index is -4.46. The van der Waals surface area contributed by atoms with E-state index < -0.39 is 11.7 Å². The Balaban J connectivity index is 1.65. The van der Waals surface area contributed by atoms with Crippen molar-refractivity contribution in [2.24, 2.45) is 0 Å². The van der Waals surface area contributed by atoms with Crippen LogP contribution in [-0.4, -0.2) is 47.6 Å². The monoisotopic (exact) mass is 526 g/mol. The van der Waals surface area contributed by atoms with Crippen LogP contribution in [0, 0.1) is 0 Å². The van der Waals surface area contributed by atoms with E-state index in [1.54, 1.807) is 48.5 Å². The molecule has 0 saturated heterocycles. The smallest absolute Gasteiger partial charge is 0.416 e. The summed E-state index contributed by atoms with van der Waals surface area (Å²) < 4.78 is 56.7. The first kappa shape index (κ1) is 26.7. The highest BCUT2D eigenvalue weighted by Crippen LogP contribution is 2.32. The van der Waals surface area contributed by atoms with E-state index >= 15 is 0 Å². The third-order valence-electron chi connectivity index (χ3n) is 5.40. The normalized spacial score (nSPS) is 11.3. The molecule has 0 atom stereocenters. The Hall–Kier alpha value is -4.38. The zero-order chi connectivity index (χ0) is 27.1. The van der Waals surface area contributed by atoms with Crippen molar-refractivity contribution in [3.8, 4) is 28.8 Å². The molecule has 0 radical (unpaired) electrons. The number of halogens is 3. The number of carbonyl (C=O) groups is 1. The molecule has 0 spiro atoms. The van der Waals surface area contributed by atoms with Crippen molar-refractivity contribution in [2.45, 2.75) is 13.1 Å². The van der Waals surface area contributed by atoms with Gasteiger partial charge in [0, 0.05) is 23.4 Å². The van der Waals surface area contributed by atoms with Gasteiger partial charge >= 0.3 is 12.2 Å². The van der Waals surface area contributed by atoms with Crippen molar-refractivity contribution in [1.29, 1.82) is 0 Å². The van der Waals surface area contributed by atoms with Crippen LogP contribution in [0.15, 0.2) is 72.8 Å². The molecule has 1 N–H and O–H groups in total. The minimum absolute atomic E-state index is 0.0328. The van der Waals surface area contributed by atoms with Gasteiger partial charge in [0.2, 0.25) is 0 Å². The Morgan fingerprint density at radius 3 is 2.47 bits per heavy atom. The van der Waals surface area contributed by atoms with Crippen LogP contribution in [0.1, 0.15) is 22.8 Å². The zero-order valence-corrected chi connectivity index (χ0v) is 20.7. The molecule has 3 aromatic carbocycles. The molecule has 1 heterocycles. The van der Waals surface area contributed by atoms with Crippen molar-refractivity contribution < 1.29 is 32.2 Å². The van der Waals surface area contributed by atoms with Crippen LogP contribution in [0.5, 0.6) is 11.8 Å². The lowest BCUT2D eigenvalue weighted by Crippen LogP contribution is -2.12. The summed E-state index contributed by atoms with van der Waals surface area (Å²) in [5.74, 6) is 0.469. The van der Waals surface area contributed by atoms with Crippen molar-refractivity contribution >= 4 is 11.6 Å². The van der Waals surface area contributed by atoms with Gasteiger partial charge in [-0.1, -0.05) is 24.3 Å². The molecule has 38 heavy (non-hydrogen) atoms. The molecule has 198 valence electrons. The van der Waals surface area contributed by atoms with Crippen LogP contribution in [-0.2, 0) is 10.9 Å². The molecular formula is C27H25F3N4O4. The highest BCUT2D eigenvalue weighted by atomic mass is 19.4. The lowest BCUT2D eigenvalue weighted by atomic mass is 10.1. The Morgan fingerprint density at radius 2 is 1.76 bits per heavy atom. The van der Waals surface area contributed by atoms with Crippen molar-refractivity contribution in [3.05, 3.63) is 83.9 Å². The molecule has 11 heteroatoms. The van der Waals surface area contributed by atoms with E-state index in [4.69, 9.17) is 14.2 Å². The standard InChI is InChI=1S/C27H25F3N4O4/c1-3-37-14-15-38-26-32-24(18-10-12-20(13-11-18)27(28,29)30)34(33-26)22-8-5-7-21(17-22)31-25(35)19-6-4-9-23(16-19)36-2/h4-13,16-17H,3,14-15H2,1-2H3,(H,31,35). The maximum atomic E-state index is 13.1. The Labute approximate surface area is 217 Å². The number of hydrogen-bond donors (Lipinski definition) is 1. The Kier molecular flexibility index (Phi) is 8.27. The van der Waals surface area contributed by atoms with Crippen LogP contribution < -0.4 is 14.8 Å². The molecule has 1 amide bonds. The maximum Gasteiger partial charge on any atom is 0.416 e. The first-order valence-electron chi connectivity index (χ1n) is 11.7. The third-order valence-corrected chi connectivity index (χ3v) is 5.40. The molecule has 1 aromatic heterocycles. The number of rotatable bonds is 10. The van der Waals surface area contributed by atoms with E-state index in [0.29, 0.717) is 41.5 Å². The van der Waals surface area contributed by atoms with Gasteiger partial charge in [0.25, 0.3) is 5.91 Å². The van der Waals surface area contributed by atoms with Gasteiger partial charge in [-0.15, -0.1) is 5.10 Å². The number of amides is 1. The summed E-state index contributed by atoms with van der Waals surface area (Å²) in [5, 5.41) is 7.23. The molecule has 0 aliphatic rings. The summed E-state index contributed by atoms with van der Waals surface area (Å²) in [7, 11) is 1.52. The second kappa shape index (κ2) is 11.8. The number of aromatic nitrogens is 3. The Bertz CT molecular complexity index is 1390. The number of methoxy groups -OCH3 is 1. The van der Waals surface area contributed by atoms with Gasteiger partial charge in [-0.3, -0.25) is 4.79 Å². The molecule has 0 aliphatic heterocycles. The van der Waals surface area contributed by atoms with E-state index in [9.17, 15) is 18.0 Å². The number of alkyl halides is 3. The number of ether oxygens (including phenoxy) is 3. The summed E-state index contributed by atoms with van der Waals surface area (Å²) in [6, 6.07) is 18.2. The van der Waals surface area contributed by atoms with Gasteiger partial charge in [-0.2, -0.15) is 18.2 Å². The van der Waals surface area contributed by atoms with Gasteiger partial charge < -0.3 is 19.5 Å². The van der Waals surface area contributed by atoms with Gasteiger partial charge in [-0.05, 0) is 55.5 Å². The van der Waals surface area contributed by atoms with Crippen molar-refractivity contribution in [1.82, 2.24) is 14.8 Å². The predicted octanol–water partition coefficient (Wildman–Crippen LogP) is 5.63. The van der Waals surface area contributed by atoms with Crippen LogP contribution in [0.25, 0.3) is 17.1 Å². The SMILES string of the molecule is CCOCCOc1nc(-c2ccc(C(F)(F)F)cc2)n(-c2cccc(NC(=O)c3cccc(OC)c3)c2)n1. The van der Waals surface area contributed by atoms with E-state index in [1.807, 2.05) is 6.92 Å². The maximum absolute atomic E-state index is 13.1. The largest absolute Gasteiger partial charge is 0.497 e. The summed E-state index contributed by atoms with van der Waals surface area (Å²) >= 11 is 0.